The van der Waals surface area contributed by atoms with Crippen LogP contribution in [0.5, 0.6) is 0 Å². The third-order valence-electron chi connectivity index (χ3n) is 4.26. The van der Waals surface area contributed by atoms with Crippen molar-refractivity contribution in [3.63, 3.8) is 0 Å². The third-order valence-corrected chi connectivity index (χ3v) is 6.44. The molecule has 0 aliphatic heterocycles. The standard InChI is InChI=1S/C20H19N5O2S2/c1-14-21-15(13-28-14)12-25(2)20-19(22-17-10-6-7-11-18(17)23-20)24-29(26,27)16-8-4-3-5-9-16/h3-11,13H,12H2,1-2H3,(H,22,24). The number of rotatable bonds is 6. The van der Waals surface area contributed by atoms with E-state index in [1.165, 1.54) is 12.1 Å². The van der Waals surface area contributed by atoms with Gasteiger partial charge in [-0.3, -0.25) is 4.72 Å². The highest BCUT2D eigenvalue weighted by Crippen LogP contribution is 2.27. The Kier molecular flexibility index (Phi) is 5.16. The van der Waals surface area contributed by atoms with Crippen LogP contribution in [-0.2, 0) is 16.6 Å². The first kappa shape index (κ1) is 19.3. The van der Waals surface area contributed by atoms with Crippen LogP contribution >= 0.6 is 11.3 Å². The number of sulfonamides is 1. The van der Waals surface area contributed by atoms with Crippen LogP contribution in [0.4, 0.5) is 11.6 Å². The first-order valence-electron chi connectivity index (χ1n) is 8.89. The number of hydrogen-bond donors (Lipinski definition) is 1. The predicted octanol–water partition coefficient (Wildman–Crippen LogP) is 3.83. The summed E-state index contributed by atoms with van der Waals surface area (Å²) in [7, 11) is -1.96. The van der Waals surface area contributed by atoms with E-state index in [1.54, 1.807) is 35.6 Å². The molecule has 2 heterocycles. The highest BCUT2D eigenvalue weighted by molar-refractivity contribution is 7.92. The maximum absolute atomic E-state index is 12.9. The highest BCUT2D eigenvalue weighted by Gasteiger charge is 2.21. The number of thiazole rings is 1. The molecule has 0 bridgehead atoms. The summed E-state index contributed by atoms with van der Waals surface area (Å²) in [5.74, 6) is 0.621. The summed E-state index contributed by atoms with van der Waals surface area (Å²) < 4.78 is 28.3. The van der Waals surface area contributed by atoms with Crippen molar-refractivity contribution in [2.24, 2.45) is 0 Å². The van der Waals surface area contributed by atoms with Gasteiger partial charge in [-0.25, -0.2) is 23.4 Å². The second-order valence-corrected chi connectivity index (χ2v) is 9.26. The maximum atomic E-state index is 12.9. The topological polar surface area (TPSA) is 88.1 Å². The molecule has 2 aromatic carbocycles. The summed E-state index contributed by atoms with van der Waals surface area (Å²) in [6.45, 7) is 2.43. The van der Waals surface area contributed by atoms with E-state index in [2.05, 4.69) is 19.7 Å². The molecule has 0 spiro atoms. The van der Waals surface area contributed by atoms with Gasteiger partial charge in [-0.1, -0.05) is 30.3 Å². The Hall–Kier alpha value is -3.04. The van der Waals surface area contributed by atoms with E-state index < -0.39 is 10.0 Å². The van der Waals surface area contributed by atoms with Gasteiger partial charge < -0.3 is 4.90 Å². The molecule has 4 rings (SSSR count). The van der Waals surface area contributed by atoms with Crippen LogP contribution < -0.4 is 9.62 Å². The van der Waals surface area contributed by atoms with Crippen LogP contribution in [0, 0.1) is 6.92 Å². The Labute approximate surface area is 173 Å². The Balaban J connectivity index is 1.76. The van der Waals surface area contributed by atoms with E-state index in [9.17, 15) is 8.42 Å². The predicted molar refractivity (Wildman–Crippen MR) is 116 cm³/mol. The molecule has 0 aliphatic rings. The number of fused-ring (bicyclic) bond motifs is 1. The smallest absolute Gasteiger partial charge is 0.263 e. The van der Waals surface area contributed by atoms with Crippen molar-refractivity contribution in [3.05, 3.63) is 70.7 Å². The van der Waals surface area contributed by atoms with Crippen molar-refractivity contribution in [2.75, 3.05) is 16.7 Å². The Morgan fingerprint density at radius 3 is 2.28 bits per heavy atom. The first-order valence-corrected chi connectivity index (χ1v) is 11.3. The van der Waals surface area contributed by atoms with Crippen molar-refractivity contribution < 1.29 is 8.42 Å². The number of para-hydroxylation sites is 2. The average Bonchev–Trinajstić information content (AvgIpc) is 3.12. The molecule has 0 saturated carbocycles. The zero-order valence-electron chi connectivity index (χ0n) is 15.9. The number of benzene rings is 2. The lowest BCUT2D eigenvalue weighted by molar-refractivity contribution is 0.601. The van der Waals surface area contributed by atoms with Crippen LogP contribution in [0.3, 0.4) is 0 Å². The molecule has 0 radical (unpaired) electrons. The summed E-state index contributed by atoms with van der Waals surface area (Å²) in [6.07, 6.45) is 0. The van der Waals surface area contributed by atoms with Gasteiger partial charge in [-0.15, -0.1) is 11.3 Å². The molecule has 1 N–H and O–H groups in total. The fourth-order valence-corrected chi connectivity index (χ4v) is 4.54. The lowest BCUT2D eigenvalue weighted by Gasteiger charge is -2.21. The van der Waals surface area contributed by atoms with Crippen molar-refractivity contribution in [3.8, 4) is 0 Å². The van der Waals surface area contributed by atoms with Crippen LogP contribution in [0.2, 0.25) is 0 Å². The Bertz CT molecular complexity index is 1260. The molecular formula is C20H19N5O2S2. The van der Waals surface area contributed by atoms with Gasteiger partial charge in [-0.2, -0.15) is 0 Å². The van der Waals surface area contributed by atoms with E-state index in [1.807, 2.05) is 42.5 Å². The molecule has 148 valence electrons. The lowest BCUT2D eigenvalue weighted by Crippen LogP contribution is -2.22. The van der Waals surface area contributed by atoms with Crippen molar-refractivity contribution in [1.82, 2.24) is 15.0 Å². The molecule has 0 unspecified atom stereocenters. The minimum atomic E-state index is -3.80. The minimum absolute atomic E-state index is 0.165. The summed E-state index contributed by atoms with van der Waals surface area (Å²) in [5.41, 5.74) is 2.19. The molecule has 0 fully saturated rings. The van der Waals surface area contributed by atoms with Crippen LogP contribution in [0.1, 0.15) is 10.7 Å². The summed E-state index contributed by atoms with van der Waals surface area (Å²) in [4.78, 5) is 15.7. The van der Waals surface area contributed by atoms with E-state index in [0.29, 0.717) is 23.4 Å². The first-order chi connectivity index (χ1) is 13.9. The third kappa shape index (κ3) is 4.20. The molecule has 0 atom stereocenters. The van der Waals surface area contributed by atoms with E-state index >= 15 is 0 Å². The number of nitrogens with one attached hydrogen (secondary N) is 1. The number of aryl methyl sites for hydroxylation is 1. The molecule has 2 aromatic heterocycles. The average molecular weight is 426 g/mol. The van der Waals surface area contributed by atoms with Gasteiger partial charge in [-0.05, 0) is 31.2 Å². The highest BCUT2D eigenvalue weighted by atomic mass is 32.2. The van der Waals surface area contributed by atoms with Crippen LogP contribution in [0.25, 0.3) is 11.0 Å². The van der Waals surface area contributed by atoms with E-state index in [-0.39, 0.29) is 10.7 Å². The monoisotopic (exact) mass is 425 g/mol. The normalized spacial score (nSPS) is 11.5. The molecule has 0 amide bonds. The molecule has 7 nitrogen and oxygen atoms in total. The largest absolute Gasteiger partial charge is 0.351 e. The second kappa shape index (κ2) is 7.76. The minimum Gasteiger partial charge on any atom is -0.351 e. The van der Waals surface area contributed by atoms with Gasteiger partial charge in [0.1, 0.15) is 0 Å². The molecule has 4 aromatic rings. The fourth-order valence-electron chi connectivity index (χ4n) is 2.91. The Morgan fingerprint density at radius 2 is 1.62 bits per heavy atom. The molecule has 0 saturated heterocycles. The van der Waals surface area contributed by atoms with Gasteiger partial charge >= 0.3 is 0 Å². The molecule has 29 heavy (non-hydrogen) atoms. The molecular weight excluding hydrogens is 406 g/mol. The van der Waals surface area contributed by atoms with Crippen LogP contribution in [-0.4, -0.2) is 30.4 Å². The SMILES string of the molecule is Cc1nc(CN(C)c2nc3ccccc3nc2NS(=O)(=O)c2ccccc2)cs1. The number of hydrogen-bond acceptors (Lipinski definition) is 7. The fraction of sp³-hybridized carbons (Fsp3) is 0.150. The number of anilines is 2. The summed E-state index contributed by atoms with van der Waals surface area (Å²) >= 11 is 1.57. The second-order valence-electron chi connectivity index (χ2n) is 6.52. The van der Waals surface area contributed by atoms with Crippen molar-refractivity contribution in [1.29, 1.82) is 0 Å². The van der Waals surface area contributed by atoms with Crippen LogP contribution in [0.15, 0.2) is 64.9 Å². The summed E-state index contributed by atoms with van der Waals surface area (Å²) in [5, 5.41) is 2.96. The lowest BCUT2D eigenvalue weighted by atomic mass is 10.3. The number of nitrogens with zero attached hydrogens (tertiary/aromatic N) is 4. The van der Waals surface area contributed by atoms with E-state index in [0.717, 1.165) is 10.7 Å². The number of aromatic nitrogens is 3. The van der Waals surface area contributed by atoms with Gasteiger partial charge in [0.2, 0.25) is 0 Å². The quantitative estimate of drug-likeness (QED) is 0.505. The Morgan fingerprint density at radius 1 is 0.966 bits per heavy atom. The summed E-state index contributed by atoms with van der Waals surface area (Å²) in [6, 6.07) is 15.6. The van der Waals surface area contributed by atoms with E-state index in [4.69, 9.17) is 0 Å². The van der Waals surface area contributed by atoms with Gasteiger partial charge in [0.15, 0.2) is 11.6 Å². The van der Waals surface area contributed by atoms with Gasteiger partial charge in [0, 0.05) is 12.4 Å². The zero-order chi connectivity index (χ0) is 20.4. The maximum Gasteiger partial charge on any atom is 0.263 e. The van der Waals surface area contributed by atoms with Crippen molar-refractivity contribution >= 4 is 44.0 Å². The zero-order valence-corrected chi connectivity index (χ0v) is 17.5. The van der Waals surface area contributed by atoms with Gasteiger partial charge in [0.25, 0.3) is 10.0 Å². The molecule has 9 heteroatoms. The molecule has 0 aliphatic carbocycles. The van der Waals surface area contributed by atoms with Crippen molar-refractivity contribution in [2.45, 2.75) is 18.4 Å². The van der Waals surface area contributed by atoms with Gasteiger partial charge in [0.05, 0.1) is 33.2 Å².